The Morgan fingerprint density at radius 2 is 1.20 bits per heavy atom. The summed E-state index contributed by atoms with van der Waals surface area (Å²) in [6.45, 7) is 21.8. The van der Waals surface area contributed by atoms with Gasteiger partial charge >= 0.3 is 0 Å². The Kier molecular flexibility index (Phi) is 10.1. The average Bonchev–Trinajstić information content (AvgIpc) is 3.87. The summed E-state index contributed by atoms with van der Waals surface area (Å²) in [5.74, 6) is 1.82. The second-order valence-electron chi connectivity index (χ2n) is 19.9. The summed E-state index contributed by atoms with van der Waals surface area (Å²) in [5, 5.41) is 2.17. The molecule has 0 amide bonds. The van der Waals surface area contributed by atoms with Crippen molar-refractivity contribution in [1.82, 2.24) is 9.55 Å². The van der Waals surface area contributed by atoms with Gasteiger partial charge in [0.05, 0.1) is 6.85 Å². The molecule has 6 heteroatoms. The van der Waals surface area contributed by atoms with Gasteiger partial charge in [0.1, 0.15) is 5.82 Å². The molecular weight excluding hydrogens is 988 g/mol. The number of para-hydroxylation sites is 3. The Labute approximate surface area is 412 Å². The molecule has 0 unspecified atom stereocenters. The number of nitrogens with zero attached hydrogens (tertiary/aromatic N) is 4. The number of pyridine rings is 1. The third kappa shape index (κ3) is 8.35. The van der Waals surface area contributed by atoms with E-state index in [0.717, 1.165) is 55.7 Å². The summed E-state index contributed by atoms with van der Waals surface area (Å²) < 4.78 is 52.8. The van der Waals surface area contributed by atoms with Crippen LogP contribution < -0.4 is 14.5 Å². The van der Waals surface area contributed by atoms with Crippen LogP contribution in [0.5, 0.6) is 11.5 Å². The van der Waals surface area contributed by atoms with Crippen molar-refractivity contribution in [2.45, 2.75) is 78.6 Å². The topological polar surface area (TPSA) is 33.5 Å². The van der Waals surface area contributed by atoms with Gasteiger partial charge in [-0.1, -0.05) is 165 Å². The summed E-state index contributed by atoms with van der Waals surface area (Å²) in [5.41, 5.74) is 10.7. The van der Waals surface area contributed by atoms with Crippen molar-refractivity contribution in [2.75, 3.05) is 9.80 Å². The van der Waals surface area contributed by atoms with Crippen molar-refractivity contribution in [3.05, 3.63) is 199 Å². The van der Waals surface area contributed by atoms with Gasteiger partial charge in [-0.15, -0.1) is 48.1 Å². The summed E-state index contributed by atoms with van der Waals surface area (Å²) in [6, 6.07) is 48.4. The molecule has 0 aliphatic carbocycles. The van der Waals surface area contributed by atoms with Crippen LogP contribution in [0.2, 0.25) is 0 Å². The standard InChI is InChI=1S/C60H55N4O.Pt/c1-58(2,3)42-21-15-20-41(34-42)49-25-17-24-48(40-18-11-10-12-19-40)57(49)63-39-62(53-26-13-14-27-54(53)63)45-22-16-23-46(37-45)65-47-29-30-50-51-35-43(59(4,5)6)28-31-52(51)64(55(50)38-47)56-36-44(32-33-61-56)60(7,8)9;/h10-36,39H,1-9H3;/q-3;/i10D,11D,12D,18D,19D;. The minimum absolute atomic E-state index is 0. The largest absolute Gasteiger partial charge is 0.509 e. The zero-order valence-electron chi connectivity index (χ0n) is 43.8. The van der Waals surface area contributed by atoms with Gasteiger partial charge in [-0.3, -0.25) is 0 Å². The fourth-order valence-corrected chi connectivity index (χ4v) is 8.71. The Bertz CT molecular complexity index is 3520. The molecule has 9 aromatic rings. The van der Waals surface area contributed by atoms with Crippen LogP contribution in [0.15, 0.2) is 164 Å². The van der Waals surface area contributed by atoms with Crippen molar-refractivity contribution in [1.29, 1.82) is 0 Å². The van der Waals surface area contributed by atoms with E-state index < -0.39 is 6.04 Å². The van der Waals surface area contributed by atoms with Gasteiger partial charge in [-0.25, -0.2) is 4.98 Å². The molecule has 1 aliphatic heterocycles. The molecule has 0 bridgehead atoms. The van der Waals surface area contributed by atoms with E-state index in [0.29, 0.717) is 28.4 Å². The zero-order valence-corrected chi connectivity index (χ0v) is 41.1. The molecule has 0 saturated heterocycles. The zero-order chi connectivity index (χ0) is 49.6. The van der Waals surface area contributed by atoms with Gasteiger partial charge in [0.15, 0.2) is 0 Å². The summed E-state index contributed by atoms with van der Waals surface area (Å²) in [4.78, 5) is 9.00. The SMILES string of the molecule is [2H]c1c([2H])c([2H])c(-c2cccc(-c3cccc(C(C)(C)C)c3)c2N2[CH-]N(c3[c-]c(Oc4[c-]c5c(cc4)c4cc(C(C)(C)C)ccc4n5-c4cc(C(C)(C)C)ccn4)ccc3)c3ccccc32)c([2H])c1[2H].[Pt]. The van der Waals surface area contributed by atoms with Crippen LogP contribution in [0.4, 0.5) is 22.7 Å². The number of rotatable bonds is 7. The molecule has 66 heavy (non-hydrogen) atoms. The van der Waals surface area contributed by atoms with E-state index in [1.54, 1.807) is 0 Å². The van der Waals surface area contributed by atoms with E-state index in [1.807, 2.05) is 90.6 Å². The van der Waals surface area contributed by atoms with E-state index in [9.17, 15) is 0 Å². The molecule has 0 atom stereocenters. The van der Waals surface area contributed by atoms with E-state index in [1.165, 1.54) is 11.1 Å². The number of aromatic nitrogens is 2. The molecule has 0 N–H and O–H groups in total. The summed E-state index contributed by atoms with van der Waals surface area (Å²) >= 11 is 0. The maximum Gasteiger partial charge on any atom is 0.135 e. The normalized spacial score (nSPS) is 14.0. The van der Waals surface area contributed by atoms with Crippen molar-refractivity contribution in [3.63, 3.8) is 0 Å². The van der Waals surface area contributed by atoms with Crippen LogP contribution in [0.25, 0.3) is 49.9 Å². The third-order valence-corrected chi connectivity index (χ3v) is 12.3. The molecule has 0 fully saturated rings. The number of hydrogen-bond donors (Lipinski definition) is 0. The predicted octanol–water partition coefficient (Wildman–Crippen LogP) is 16.2. The molecular formula is C60H55N4OPt-3. The van der Waals surface area contributed by atoms with Gasteiger partial charge in [0, 0.05) is 72.5 Å². The Morgan fingerprint density at radius 3 is 1.92 bits per heavy atom. The molecule has 2 aromatic heterocycles. The molecule has 3 heterocycles. The van der Waals surface area contributed by atoms with Gasteiger partial charge in [0.25, 0.3) is 0 Å². The van der Waals surface area contributed by atoms with E-state index >= 15 is 0 Å². The van der Waals surface area contributed by atoms with Gasteiger partial charge < -0.3 is 19.1 Å². The van der Waals surface area contributed by atoms with Gasteiger partial charge in [-0.2, -0.15) is 12.1 Å². The number of hydrogen-bond acceptors (Lipinski definition) is 4. The second kappa shape index (κ2) is 17.1. The monoisotopic (exact) mass is 1050 g/mol. The predicted molar refractivity (Wildman–Crippen MR) is 271 cm³/mol. The van der Waals surface area contributed by atoms with Crippen LogP contribution in [-0.2, 0) is 37.3 Å². The first kappa shape index (κ1) is 38.8. The number of ether oxygens (including phenoxy) is 1. The van der Waals surface area contributed by atoms with Crippen LogP contribution in [0.1, 0.15) is 85.9 Å². The quantitative estimate of drug-likeness (QED) is 0.149. The maximum atomic E-state index is 9.12. The second-order valence-corrected chi connectivity index (χ2v) is 19.9. The molecule has 0 spiro atoms. The van der Waals surface area contributed by atoms with Crippen molar-refractivity contribution < 1.29 is 32.7 Å². The smallest absolute Gasteiger partial charge is 0.135 e. The Balaban J connectivity index is 0.00000624. The first-order chi connectivity index (χ1) is 33.2. The van der Waals surface area contributed by atoms with E-state index in [2.05, 4.69) is 139 Å². The molecule has 1 aliphatic rings. The van der Waals surface area contributed by atoms with Crippen molar-refractivity contribution in [3.8, 4) is 39.6 Å². The molecule has 5 nitrogen and oxygen atoms in total. The van der Waals surface area contributed by atoms with Crippen LogP contribution in [0.3, 0.4) is 0 Å². The molecule has 0 saturated carbocycles. The first-order valence-electron chi connectivity index (χ1n) is 24.7. The number of anilines is 4. The van der Waals surface area contributed by atoms with Crippen LogP contribution in [-0.4, -0.2) is 9.55 Å². The van der Waals surface area contributed by atoms with Gasteiger partial charge in [0.2, 0.25) is 0 Å². The fourth-order valence-electron chi connectivity index (χ4n) is 8.71. The van der Waals surface area contributed by atoms with Crippen molar-refractivity contribution in [2.24, 2.45) is 0 Å². The minimum Gasteiger partial charge on any atom is -0.509 e. The van der Waals surface area contributed by atoms with Crippen LogP contribution in [0, 0.1) is 18.8 Å². The molecule has 0 radical (unpaired) electrons. The van der Waals surface area contributed by atoms with E-state index in [4.69, 9.17) is 16.6 Å². The summed E-state index contributed by atoms with van der Waals surface area (Å²) in [6.07, 6.45) is 1.88. The first-order valence-corrected chi connectivity index (χ1v) is 22.2. The minimum atomic E-state index is -0.436. The third-order valence-electron chi connectivity index (χ3n) is 12.3. The van der Waals surface area contributed by atoms with Crippen molar-refractivity contribution >= 4 is 44.6 Å². The van der Waals surface area contributed by atoms with E-state index in [-0.39, 0.29) is 67.0 Å². The molecule has 334 valence electrons. The maximum absolute atomic E-state index is 9.12. The fraction of sp³-hybridized carbons (Fsp3) is 0.200. The summed E-state index contributed by atoms with van der Waals surface area (Å²) in [7, 11) is 0. The molecule has 7 aromatic carbocycles. The van der Waals surface area contributed by atoms with Gasteiger partial charge in [-0.05, 0) is 79.8 Å². The number of benzene rings is 7. The Hall–Kier alpha value is -6.42. The number of fused-ring (bicyclic) bond motifs is 4. The Morgan fingerprint density at radius 1 is 0.561 bits per heavy atom. The average molecular weight is 1050 g/mol. The van der Waals surface area contributed by atoms with Crippen LogP contribution >= 0.6 is 0 Å². The molecule has 10 rings (SSSR count).